The van der Waals surface area contributed by atoms with Gasteiger partial charge in [-0.05, 0) is 24.3 Å². The molecule has 6 heteroatoms. The zero-order valence-electron chi connectivity index (χ0n) is 9.17. The molecule has 2 aromatic heterocycles. The molecule has 0 spiro atoms. The zero-order chi connectivity index (χ0) is 11.7. The maximum atomic E-state index is 5.67. The maximum Gasteiger partial charge on any atom is 0.318 e. The molecule has 0 atom stereocenters. The van der Waals surface area contributed by atoms with Crippen molar-refractivity contribution in [3.8, 4) is 0 Å². The molecule has 1 aliphatic rings. The number of halogens is 1. The summed E-state index contributed by atoms with van der Waals surface area (Å²) < 4.78 is 5.52. The molecule has 90 valence electrons. The van der Waals surface area contributed by atoms with Gasteiger partial charge in [0.1, 0.15) is 5.88 Å². The first-order valence-electron chi connectivity index (χ1n) is 5.54. The summed E-state index contributed by atoms with van der Waals surface area (Å²) in [6, 6.07) is 5.32. The number of aromatic nitrogens is 2. The molecule has 0 amide bonds. The van der Waals surface area contributed by atoms with E-state index in [-0.39, 0.29) is 5.88 Å². The molecule has 4 nitrogen and oxygen atoms in total. The van der Waals surface area contributed by atoms with E-state index in [1.54, 1.807) is 11.3 Å². The number of alkyl halides is 1. The molecule has 0 N–H and O–H groups in total. The third-order valence-electron chi connectivity index (χ3n) is 2.71. The topological polar surface area (TPSA) is 42.2 Å². The normalized spacial score (nSPS) is 15.1. The van der Waals surface area contributed by atoms with E-state index >= 15 is 0 Å². The summed E-state index contributed by atoms with van der Waals surface area (Å²) in [6.45, 7) is 0.840. The first-order valence-corrected chi connectivity index (χ1v) is 6.95. The van der Waals surface area contributed by atoms with Crippen molar-refractivity contribution >= 4 is 29.0 Å². The summed E-state index contributed by atoms with van der Waals surface area (Å²) in [4.78, 5) is 3.48. The maximum absolute atomic E-state index is 5.67. The second-order valence-corrected chi connectivity index (χ2v) is 5.35. The molecule has 0 radical (unpaired) electrons. The Labute approximate surface area is 108 Å². The Kier molecular flexibility index (Phi) is 3.03. The van der Waals surface area contributed by atoms with Crippen molar-refractivity contribution in [2.45, 2.75) is 31.3 Å². The van der Waals surface area contributed by atoms with E-state index in [2.05, 4.69) is 32.6 Å². The predicted octanol–water partition coefficient (Wildman–Crippen LogP) is 3.04. The van der Waals surface area contributed by atoms with Crippen LogP contribution >= 0.6 is 22.9 Å². The van der Waals surface area contributed by atoms with Crippen LogP contribution in [0.25, 0.3) is 0 Å². The van der Waals surface area contributed by atoms with Crippen LogP contribution in [0, 0.1) is 0 Å². The number of rotatable bonds is 5. The number of hydrogen-bond acceptors (Lipinski definition) is 5. The summed E-state index contributed by atoms with van der Waals surface area (Å²) in [5.74, 6) is 0.753. The van der Waals surface area contributed by atoms with Crippen molar-refractivity contribution < 1.29 is 4.42 Å². The molecule has 0 unspecified atom stereocenters. The molecule has 0 aliphatic heterocycles. The van der Waals surface area contributed by atoms with E-state index in [0.717, 1.165) is 6.54 Å². The fourth-order valence-corrected chi connectivity index (χ4v) is 2.54. The summed E-state index contributed by atoms with van der Waals surface area (Å²) >= 11 is 7.42. The highest BCUT2D eigenvalue weighted by Crippen LogP contribution is 2.33. The number of anilines is 1. The van der Waals surface area contributed by atoms with Gasteiger partial charge in [-0.3, -0.25) is 0 Å². The second kappa shape index (κ2) is 4.66. The molecular formula is C11H12ClN3OS. The summed E-state index contributed by atoms with van der Waals surface area (Å²) in [5.41, 5.74) is 0. The van der Waals surface area contributed by atoms with Crippen molar-refractivity contribution in [3.63, 3.8) is 0 Å². The number of hydrogen-bond donors (Lipinski definition) is 0. The predicted molar refractivity (Wildman–Crippen MR) is 67.4 cm³/mol. The molecule has 0 saturated heterocycles. The molecule has 1 saturated carbocycles. The van der Waals surface area contributed by atoms with Gasteiger partial charge in [0.2, 0.25) is 5.89 Å². The fraction of sp³-hybridized carbons (Fsp3) is 0.455. The molecule has 0 aromatic carbocycles. The van der Waals surface area contributed by atoms with Crippen LogP contribution in [0.3, 0.4) is 0 Å². The number of thiophene rings is 1. The smallest absolute Gasteiger partial charge is 0.318 e. The van der Waals surface area contributed by atoms with Gasteiger partial charge < -0.3 is 9.32 Å². The molecule has 2 aromatic rings. The van der Waals surface area contributed by atoms with Crippen LogP contribution in [0.5, 0.6) is 0 Å². The number of nitrogens with zero attached hydrogens (tertiary/aromatic N) is 3. The summed E-state index contributed by atoms with van der Waals surface area (Å²) in [6.07, 6.45) is 2.40. The summed E-state index contributed by atoms with van der Waals surface area (Å²) in [7, 11) is 0. The Bertz CT molecular complexity index is 481. The lowest BCUT2D eigenvalue weighted by Gasteiger charge is -2.18. The standard InChI is InChI=1S/C11H12ClN3OS/c12-6-10-13-14-11(16-10)15(8-3-4-8)7-9-2-1-5-17-9/h1-2,5,8H,3-4,6-7H2. The van der Waals surface area contributed by atoms with E-state index < -0.39 is 0 Å². The SMILES string of the molecule is ClCc1nnc(N(Cc2cccs2)C2CC2)o1. The van der Waals surface area contributed by atoms with Gasteiger partial charge in [-0.2, -0.15) is 0 Å². The largest absolute Gasteiger partial charge is 0.407 e. The van der Waals surface area contributed by atoms with Crippen LogP contribution in [0.15, 0.2) is 21.9 Å². The monoisotopic (exact) mass is 269 g/mol. The lowest BCUT2D eigenvalue weighted by Crippen LogP contribution is -2.24. The van der Waals surface area contributed by atoms with Gasteiger partial charge >= 0.3 is 6.01 Å². The minimum absolute atomic E-state index is 0.268. The van der Waals surface area contributed by atoms with Crippen LogP contribution in [-0.4, -0.2) is 16.2 Å². The minimum Gasteiger partial charge on any atom is -0.407 e. The second-order valence-electron chi connectivity index (χ2n) is 4.05. The fourth-order valence-electron chi connectivity index (χ4n) is 1.72. The Balaban J connectivity index is 1.79. The lowest BCUT2D eigenvalue weighted by molar-refractivity contribution is 0.496. The molecule has 1 fully saturated rings. The van der Waals surface area contributed by atoms with Gasteiger partial charge in [-0.1, -0.05) is 11.2 Å². The van der Waals surface area contributed by atoms with Crippen molar-refractivity contribution in [2.75, 3.05) is 4.90 Å². The van der Waals surface area contributed by atoms with Crippen molar-refractivity contribution in [1.29, 1.82) is 0 Å². The van der Waals surface area contributed by atoms with Crippen LogP contribution in [0.2, 0.25) is 0 Å². The van der Waals surface area contributed by atoms with Gasteiger partial charge in [-0.25, -0.2) is 0 Å². The van der Waals surface area contributed by atoms with Crippen LogP contribution in [0.4, 0.5) is 6.01 Å². The van der Waals surface area contributed by atoms with Gasteiger partial charge in [0, 0.05) is 10.9 Å². The molecule has 17 heavy (non-hydrogen) atoms. The minimum atomic E-state index is 0.268. The lowest BCUT2D eigenvalue weighted by atomic mass is 10.4. The highest BCUT2D eigenvalue weighted by atomic mass is 35.5. The Morgan fingerprint density at radius 1 is 1.47 bits per heavy atom. The van der Waals surface area contributed by atoms with Crippen LogP contribution < -0.4 is 4.90 Å². The van der Waals surface area contributed by atoms with Crippen LogP contribution in [0.1, 0.15) is 23.6 Å². The van der Waals surface area contributed by atoms with Crippen molar-refractivity contribution in [1.82, 2.24) is 10.2 Å². The Morgan fingerprint density at radius 3 is 2.94 bits per heavy atom. The summed E-state index contributed by atoms with van der Waals surface area (Å²) in [5, 5.41) is 10.0. The first-order chi connectivity index (χ1) is 8.36. The Hall–Kier alpha value is -1.07. The van der Waals surface area contributed by atoms with Crippen LogP contribution in [-0.2, 0) is 12.4 Å². The third kappa shape index (κ3) is 2.45. The van der Waals surface area contributed by atoms with Gasteiger partial charge in [0.05, 0.1) is 6.54 Å². The van der Waals surface area contributed by atoms with Crippen molar-refractivity contribution in [3.05, 3.63) is 28.3 Å². The molecule has 3 rings (SSSR count). The van der Waals surface area contributed by atoms with Gasteiger partial charge in [-0.15, -0.1) is 28.0 Å². The average Bonchev–Trinajstić information content (AvgIpc) is 2.88. The molecular weight excluding hydrogens is 258 g/mol. The highest BCUT2D eigenvalue weighted by Gasteiger charge is 2.32. The van der Waals surface area contributed by atoms with Gasteiger partial charge in [0.15, 0.2) is 0 Å². The average molecular weight is 270 g/mol. The van der Waals surface area contributed by atoms with E-state index in [4.69, 9.17) is 16.0 Å². The van der Waals surface area contributed by atoms with E-state index in [1.807, 2.05) is 0 Å². The third-order valence-corrected chi connectivity index (χ3v) is 3.80. The van der Waals surface area contributed by atoms with E-state index in [1.165, 1.54) is 17.7 Å². The van der Waals surface area contributed by atoms with Gasteiger partial charge in [0.25, 0.3) is 0 Å². The highest BCUT2D eigenvalue weighted by molar-refractivity contribution is 7.09. The molecule has 0 bridgehead atoms. The quantitative estimate of drug-likeness (QED) is 0.783. The Morgan fingerprint density at radius 2 is 2.35 bits per heavy atom. The zero-order valence-corrected chi connectivity index (χ0v) is 10.7. The van der Waals surface area contributed by atoms with E-state index in [0.29, 0.717) is 17.9 Å². The molecule has 1 aliphatic carbocycles. The van der Waals surface area contributed by atoms with E-state index in [9.17, 15) is 0 Å². The molecule has 2 heterocycles. The first kappa shape index (κ1) is 11.0. The van der Waals surface area contributed by atoms with Crippen molar-refractivity contribution in [2.24, 2.45) is 0 Å².